The number of alkyl halides is 3. The molecule has 0 saturated carbocycles. The van der Waals surface area contributed by atoms with Gasteiger partial charge in [-0.05, 0) is 61.2 Å². The Labute approximate surface area is 189 Å². The van der Waals surface area contributed by atoms with E-state index in [1.165, 1.54) is 25.1 Å². The number of halogens is 3. The molecule has 0 bridgehead atoms. The number of pyridine rings is 1. The average Bonchev–Trinajstić information content (AvgIpc) is 2.81. The average molecular weight is 456 g/mol. The summed E-state index contributed by atoms with van der Waals surface area (Å²) in [6.45, 7) is 2.81. The number of ether oxygens (including phenoxy) is 1. The maximum absolute atomic E-state index is 13.2. The number of ketones is 1. The second kappa shape index (κ2) is 9.21. The predicted molar refractivity (Wildman–Crippen MR) is 117 cm³/mol. The normalized spacial score (nSPS) is 14.4. The van der Waals surface area contributed by atoms with Crippen LogP contribution in [0.4, 0.5) is 13.2 Å². The van der Waals surface area contributed by atoms with Crippen molar-refractivity contribution in [2.24, 2.45) is 0 Å². The van der Waals surface area contributed by atoms with Crippen LogP contribution in [0.3, 0.4) is 0 Å². The number of rotatable bonds is 5. The molecule has 8 heteroatoms. The fourth-order valence-corrected chi connectivity index (χ4v) is 3.88. The Balaban J connectivity index is 1.62. The number of carbonyl (C=O) groups excluding carboxylic acids is 2. The van der Waals surface area contributed by atoms with Crippen LogP contribution in [0.5, 0.6) is 5.75 Å². The molecule has 2 heterocycles. The smallest absolute Gasteiger partial charge is 0.416 e. The lowest BCUT2D eigenvalue weighted by atomic mass is 10.0. The zero-order chi connectivity index (χ0) is 23.6. The van der Waals surface area contributed by atoms with Crippen molar-refractivity contribution in [2.45, 2.75) is 39.0 Å². The van der Waals surface area contributed by atoms with Crippen LogP contribution in [-0.4, -0.2) is 34.7 Å². The standard InChI is InChI=1S/C25H23F3N2O3/c1-16(31)23-14-21(24(32)30-11-3-2-4-12-30)20-13-19(9-10-22(20)29-23)33-15-17-5-7-18(8-6-17)25(26,27)28/h5-10,13-14H,2-4,11-12,15H2,1H3. The lowest BCUT2D eigenvalue weighted by Gasteiger charge is -2.27. The van der Waals surface area contributed by atoms with Crippen LogP contribution in [-0.2, 0) is 12.8 Å². The summed E-state index contributed by atoms with van der Waals surface area (Å²) in [5, 5.41) is 0.570. The van der Waals surface area contributed by atoms with Crippen LogP contribution >= 0.6 is 0 Å². The van der Waals surface area contributed by atoms with Crippen LogP contribution in [0.25, 0.3) is 10.9 Å². The van der Waals surface area contributed by atoms with Crippen molar-refractivity contribution in [1.82, 2.24) is 9.88 Å². The van der Waals surface area contributed by atoms with Crippen molar-refractivity contribution in [3.8, 4) is 5.75 Å². The van der Waals surface area contributed by atoms with Crippen molar-refractivity contribution >= 4 is 22.6 Å². The van der Waals surface area contributed by atoms with Gasteiger partial charge in [0.2, 0.25) is 0 Å². The Kier molecular flexibility index (Phi) is 6.35. The number of aromatic nitrogens is 1. The number of hydrogen-bond donors (Lipinski definition) is 0. The summed E-state index contributed by atoms with van der Waals surface area (Å²) < 4.78 is 44.0. The molecular formula is C25H23F3N2O3. The Morgan fingerprint density at radius 3 is 2.33 bits per heavy atom. The third kappa shape index (κ3) is 5.16. The molecule has 0 radical (unpaired) electrons. The van der Waals surface area contributed by atoms with Crippen molar-refractivity contribution < 1.29 is 27.5 Å². The van der Waals surface area contributed by atoms with Gasteiger partial charge in [0.1, 0.15) is 18.1 Å². The monoisotopic (exact) mass is 456 g/mol. The summed E-state index contributed by atoms with van der Waals surface area (Å²) in [5.41, 5.74) is 0.987. The van der Waals surface area contributed by atoms with Crippen LogP contribution in [0.2, 0.25) is 0 Å². The van der Waals surface area contributed by atoms with Crippen LogP contribution < -0.4 is 4.74 Å². The minimum absolute atomic E-state index is 0.0675. The number of benzene rings is 2. The van der Waals surface area contributed by atoms with Crippen molar-refractivity contribution in [3.05, 3.63) is 70.9 Å². The van der Waals surface area contributed by atoms with Crippen molar-refractivity contribution in [1.29, 1.82) is 0 Å². The summed E-state index contributed by atoms with van der Waals surface area (Å²) in [6, 6.07) is 11.3. The Bertz CT molecular complexity index is 1180. The van der Waals surface area contributed by atoms with E-state index in [0.717, 1.165) is 31.4 Å². The Morgan fingerprint density at radius 1 is 1.00 bits per heavy atom. The number of Topliss-reactive ketones (excluding diaryl/α,β-unsaturated/α-hetero) is 1. The van der Waals surface area contributed by atoms with Crippen molar-refractivity contribution in [3.63, 3.8) is 0 Å². The van der Waals surface area contributed by atoms with Gasteiger partial charge in [0.05, 0.1) is 16.6 Å². The molecule has 4 rings (SSSR count). The number of amides is 1. The summed E-state index contributed by atoms with van der Waals surface area (Å²) in [4.78, 5) is 31.4. The maximum Gasteiger partial charge on any atom is 0.416 e. The van der Waals surface area contributed by atoms with Gasteiger partial charge in [-0.15, -0.1) is 0 Å². The summed E-state index contributed by atoms with van der Waals surface area (Å²) in [7, 11) is 0. The highest BCUT2D eigenvalue weighted by atomic mass is 19.4. The number of hydrogen-bond acceptors (Lipinski definition) is 4. The molecule has 0 aliphatic carbocycles. The molecule has 0 N–H and O–H groups in total. The second-order valence-corrected chi connectivity index (χ2v) is 8.13. The molecule has 3 aromatic rings. The molecule has 1 aliphatic rings. The minimum atomic E-state index is -4.39. The van der Waals surface area contributed by atoms with E-state index in [0.29, 0.717) is 40.9 Å². The Hall–Kier alpha value is -3.42. The molecule has 0 unspecified atom stereocenters. The zero-order valence-corrected chi connectivity index (χ0v) is 18.1. The Morgan fingerprint density at radius 2 is 1.70 bits per heavy atom. The molecule has 5 nitrogen and oxygen atoms in total. The van der Waals surface area contributed by atoms with E-state index in [9.17, 15) is 22.8 Å². The number of likely N-dealkylation sites (tertiary alicyclic amines) is 1. The summed E-state index contributed by atoms with van der Waals surface area (Å²) >= 11 is 0. The quantitative estimate of drug-likeness (QED) is 0.465. The highest BCUT2D eigenvalue weighted by molar-refractivity contribution is 6.09. The highest BCUT2D eigenvalue weighted by Gasteiger charge is 2.30. The third-order valence-corrected chi connectivity index (χ3v) is 5.70. The van der Waals surface area contributed by atoms with Crippen LogP contribution in [0, 0.1) is 0 Å². The lowest BCUT2D eigenvalue weighted by molar-refractivity contribution is -0.137. The van der Waals surface area contributed by atoms with E-state index >= 15 is 0 Å². The van der Waals surface area contributed by atoms with E-state index in [1.807, 2.05) is 0 Å². The van der Waals surface area contributed by atoms with E-state index < -0.39 is 11.7 Å². The molecule has 0 spiro atoms. The first-order valence-corrected chi connectivity index (χ1v) is 10.8. The number of nitrogens with zero attached hydrogens (tertiary/aromatic N) is 2. The zero-order valence-electron chi connectivity index (χ0n) is 18.1. The molecular weight excluding hydrogens is 433 g/mol. The maximum atomic E-state index is 13.2. The lowest BCUT2D eigenvalue weighted by Crippen LogP contribution is -2.35. The van der Waals surface area contributed by atoms with Gasteiger partial charge in [0.25, 0.3) is 5.91 Å². The second-order valence-electron chi connectivity index (χ2n) is 8.13. The van der Waals surface area contributed by atoms with Gasteiger partial charge in [-0.3, -0.25) is 9.59 Å². The topological polar surface area (TPSA) is 59.5 Å². The van der Waals surface area contributed by atoms with Gasteiger partial charge < -0.3 is 9.64 Å². The molecule has 1 aliphatic heterocycles. The van der Waals surface area contributed by atoms with Crippen molar-refractivity contribution in [2.75, 3.05) is 13.1 Å². The molecule has 1 amide bonds. The SMILES string of the molecule is CC(=O)c1cc(C(=O)N2CCCCC2)c2cc(OCc3ccc(C(F)(F)F)cc3)ccc2n1. The fraction of sp³-hybridized carbons (Fsp3) is 0.320. The predicted octanol–water partition coefficient (Wildman–Crippen LogP) is 5.66. The highest BCUT2D eigenvalue weighted by Crippen LogP contribution is 2.30. The molecule has 1 fully saturated rings. The first-order valence-electron chi connectivity index (χ1n) is 10.8. The van der Waals surface area contributed by atoms with E-state index in [2.05, 4.69) is 4.98 Å². The van der Waals surface area contributed by atoms with Gasteiger partial charge in [0, 0.05) is 25.4 Å². The van der Waals surface area contributed by atoms with Crippen LogP contribution in [0.15, 0.2) is 48.5 Å². The van der Waals surface area contributed by atoms with Gasteiger partial charge in [0.15, 0.2) is 5.78 Å². The first kappa shape index (κ1) is 22.8. The molecule has 0 atom stereocenters. The van der Waals surface area contributed by atoms with E-state index in [1.54, 1.807) is 23.1 Å². The largest absolute Gasteiger partial charge is 0.489 e. The summed E-state index contributed by atoms with van der Waals surface area (Å²) in [6.07, 6.45) is -1.42. The van der Waals surface area contributed by atoms with E-state index in [-0.39, 0.29) is 24.0 Å². The number of fused-ring (bicyclic) bond motifs is 1. The van der Waals surface area contributed by atoms with Gasteiger partial charge >= 0.3 is 6.18 Å². The summed E-state index contributed by atoms with van der Waals surface area (Å²) in [5.74, 6) is 0.0733. The van der Waals surface area contributed by atoms with Gasteiger partial charge in [-0.1, -0.05) is 12.1 Å². The van der Waals surface area contributed by atoms with Crippen LogP contribution in [0.1, 0.15) is 58.2 Å². The molecule has 2 aromatic carbocycles. The molecule has 1 saturated heterocycles. The molecule has 33 heavy (non-hydrogen) atoms. The van der Waals surface area contributed by atoms with Gasteiger partial charge in [-0.25, -0.2) is 4.98 Å². The molecule has 1 aromatic heterocycles. The number of carbonyl (C=O) groups is 2. The number of piperidine rings is 1. The fourth-order valence-electron chi connectivity index (χ4n) is 3.88. The van der Waals surface area contributed by atoms with E-state index in [4.69, 9.17) is 4.74 Å². The first-order chi connectivity index (χ1) is 15.7. The molecule has 172 valence electrons. The van der Waals surface area contributed by atoms with Gasteiger partial charge in [-0.2, -0.15) is 13.2 Å². The minimum Gasteiger partial charge on any atom is -0.489 e. The third-order valence-electron chi connectivity index (χ3n) is 5.70.